The van der Waals surface area contributed by atoms with Gasteiger partial charge in [0.1, 0.15) is 0 Å². The highest BCUT2D eigenvalue weighted by atomic mass is 16.2. The van der Waals surface area contributed by atoms with E-state index in [1.54, 1.807) is 0 Å². The van der Waals surface area contributed by atoms with E-state index >= 15 is 0 Å². The largest absolute Gasteiger partial charge is 0.354 e. The van der Waals surface area contributed by atoms with Crippen molar-refractivity contribution in [3.05, 3.63) is 157 Å². The lowest BCUT2D eigenvalue weighted by atomic mass is 9.83. The van der Waals surface area contributed by atoms with E-state index in [1.165, 1.54) is 136 Å². The molecule has 0 aliphatic carbocycles. The zero-order valence-corrected chi connectivity index (χ0v) is 47.1. The number of H-pyrrole nitrogens is 2. The number of rotatable bonds is 19. The number of aromatic amines is 2. The standard InChI is InChI=1S/C74H70N4O2/c1-41(2)13-7-15-43(5)33-35-75-73(79)47-29-25-45(26-30-47)57-37-61-69-65-49(17-9-21-53(57)65)51-19-11-23-55-59(39-63(77-61)71(69)67(51)55)60-40-64-72-68-52(20-12-24-56(60)68)50-18-10-22-54-58(38-62(78-64)70(72)66(50)54)46-27-31-48(32-28-46)74(80)76-36-34-44(6)16-8-14-42(3)4/h9-12,17-32,37-44,77-78H,7-8,13-16,33-36H2,1-6H3,(H,75,79)(H,76,80)/t43-,44-/m0/s1. The van der Waals surface area contributed by atoms with E-state index in [4.69, 9.17) is 0 Å². The number of hydrogen-bond acceptors (Lipinski definition) is 2. The van der Waals surface area contributed by atoms with Crippen LogP contribution in [0.4, 0.5) is 0 Å². The van der Waals surface area contributed by atoms with Crippen LogP contribution in [0.3, 0.4) is 0 Å². The van der Waals surface area contributed by atoms with Gasteiger partial charge in [0.25, 0.3) is 11.8 Å². The summed E-state index contributed by atoms with van der Waals surface area (Å²) in [6.45, 7) is 15.1. The molecule has 0 radical (unpaired) electrons. The molecule has 12 aromatic carbocycles. The number of fused-ring (bicyclic) bond motifs is 2. The Bertz CT molecular complexity index is 4320. The van der Waals surface area contributed by atoms with Crippen molar-refractivity contribution in [1.82, 2.24) is 20.6 Å². The number of carbonyl (C=O) groups excluding carboxylic acids is 2. The Morgan fingerprint density at radius 2 is 0.650 bits per heavy atom. The molecule has 2 aromatic heterocycles. The fraction of sp³-hybridized carbons (Fsp3) is 0.270. The van der Waals surface area contributed by atoms with Crippen LogP contribution in [0.1, 0.15) is 114 Å². The Morgan fingerprint density at radius 3 is 0.975 bits per heavy atom. The maximum Gasteiger partial charge on any atom is 0.251 e. The van der Waals surface area contributed by atoms with Gasteiger partial charge < -0.3 is 20.6 Å². The van der Waals surface area contributed by atoms with Crippen molar-refractivity contribution in [2.75, 3.05) is 13.1 Å². The minimum absolute atomic E-state index is 0.0139. The van der Waals surface area contributed by atoms with Gasteiger partial charge in [-0.3, -0.25) is 9.59 Å². The molecule has 0 unspecified atom stereocenters. The van der Waals surface area contributed by atoms with Crippen molar-refractivity contribution in [3.63, 3.8) is 0 Å². The predicted molar refractivity (Wildman–Crippen MR) is 341 cm³/mol. The maximum absolute atomic E-state index is 13.4. The van der Waals surface area contributed by atoms with Gasteiger partial charge in [0.05, 0.1) is 0 Å². The molecule has 14 rings (SSSR count). The van der Waals surface area contributed by atoms with Gasteiger partial charge >= 0.3 is 0 Å². The van der Waals surface area contributed by atoms with Gasteiger partial charge in [-0.1, -0.05) is 177 Å². The van der Waals surface area contributed by atoms with Crippen molar-refractivity contribution < 1.29 is 9.59 Å². The van der Waals surface area contributed by atoms with Crippen molar-refractivity contribution in [1.29, 1.82) is 0 Å². The third-order valence-corrected chi connectivity index (χ3v) is 18.3. The van der Waals surface area contributed by atoms with Gasteiger partial charge in [-0.2, -0.15) is 0 Å². The molecule has 0 saturated carbocycles. The Hall–Kier alpha value is -8.22. The number of carbonyl (C=O) groups is 2. The molecule has 0 aliphatic heterocycles. The Kier molecular flexibility index (Phi) is 12.4. The molecule has 4 N–H and O–H groups in total. The van der Waals surface area contributed by atoms with Crippen LogP contribution in [0.5, 0.6) is 0 Å². The Morgan fingerprint density at radius 1 is 0.350 bits per heavy atom. The number of hydrogen-bond donors (Lipinski definition) is 4. The lowest BCUT2D eigenvalue weighted by Crippen LogP contribution is -2.25. The zero-order valence-electron chi connectivity index (χ0n) is 47.1. The van der Waals surface area contributed by atoms with E-state index in [0.29, 0.717) is 36.1 Å². The second kappa shape index (κ2) is 19.8. The van der Waals surface area contributed by atoms with Crippen LogP contribution in [0.15, 0.2) is 146 Å². The second-order valence-corrected chi connectivity index (χ2v) is 24.7. The monoisotopic (exact) mass is 1050 g/mol. The van der Waals surface area contributed by atoms with E-state index in [1.807, 2.05) is 24.3 Å². The van der Waals surface area contributed by atoms with E-state index < -0.39 is 0 Å². The quantitative estimate of drug-likeness (QED) is 0.0480. The molecule has 2 amide bonds. The van der Waals surface area contributed by atoms with Gasteiger partial charge in [-0.15, -0.1) is 0 Å². The van der Waals surface area contributed by atoms with E-state index in [-0.39, 0.29) is 11.8 Å². The molecule has 0 saturated heterocycles. The molecule has 6 nitrogen and oxygen atoms in total. The summed E-state index contributed by atoms with van der Waals surface area (Å²) in [5, 5.41) is 26.5. The first-order valence-electron chi connectivity index (χ1n) is 29.7. The molecule has 0 bridgehead atoms. The second-order valence-electron chi connectivity index (χ2n) is 24.7. The zero-order chi connectivity index (χ0) is 54.5. The summed E-state index contributed by atoms with van der Waals surface area (Å²) in [5.41, 5.74) is 12.7. The van der Waals surface area contributed by atoms with Crippen LogP contribution in [0, 0.1) is 23.7 Å². The predicted octanol–water partition coefficient (Wildman–Crippen LogP) is 19.8. The summed E-state index contributed by atoms with van der Waals surface area (Å²) in [7, 11) is 0. The number of nitrogens with one attached hydrogen (secondary N) is 4. The summed E-state index contributed by atoms with van der Waals surface area (Å²) < 4.78 is 0. The van der Waals surface area contributed by atoms with Gasteiger partial charge in [0.2, 0.25) is 0 Å². The maximum atomic E-state index is 13.4. The summed E-state index contributed by atoms with van der Waals surface area (Å²) in [4.78, 5) is 34.8. The lowest BCUT2D eigenvalue weighted by molar-refractivity contribution is 0.0943. The Labute approximate surface area is 467 Å². The highest BCUT2D eigenvalue weighted by Gasteiger charge is 2.27. The van der Waals surface area contributed by atoms with Gasteiger partial charge in [0.15, 0.2) is 0 Å². The average molecular weight is 1050 g/mol. The van der Waals surface area contributed by atoms with E-state index in [2.05, 4.69) is 183 Å². The SMILES string of the molecule is CC(C)CCC[C@H](C)CCNC(=O)c1ccc(-c2cc3[nH]c4cc(-c5cc6[nH]c7cc(-c8ccc(C(=O)NCC[C@@H](C)CCCC(C)C)cc8)c8cccc9c%10cccc5c%10c6c7c89)c5cccc6c7cccc2c7c3c4c56)cc1. The third kappa shape index (κ3) is 8.27. The summed E-state index contributed by atoms with van der Waals surface area (Å²) in [6, 6.07) is 53.2. The molecule has 0 spiro atoms. The van der Waals surface area contributed by atoms with Crippen molar-refractivity contribution >= 4 is 120 Å². The van der Waals surface area contributed by atoms with Crippen LogP contribution in [0.2, 0.25) is 0 Å². The molecule has 0 aliphatic rings. The van der Waals surface area contributed by atoms with Crippen LogP contribution in [-0.2, 0) is 0 Å². The fourth-order valence-corrected chi connectivity index (χ4v) is 14.2. The van der Waals surface area contributed by atoms with Gasteiger partial charge in [-0.05, 0) is 162 Å². The summed E-state index contributed by atoms with van der Waals surface area (Å²) in [5.74, 6) is 2.63. The van der Waals surface area contributed by atoms with Crippen molar-refractivity contribution in [3.8, 4) is 33.4 Å². The molecule has 80 heavy (non-hydrogen) atoms. The molecule has 6 heteroatoms. The van der Waals surface area contributed by atoms with E-state index in [0.717, 1.165) is 69.0 Å². The molecule has 14 aromatic rings. The van der Waals surface area contributed by atoms with Gasteiger partial charge in [0, 0.05) is 89.4 Å². The van der Waals surface area contributed by atoms with Crippen LogP contribution < -0.4 is 10.6 Å². The van der Waals surface area contributed by atoms with Gasteiger partial charge in [-0.25, -0.2) is 0 Å². The number of aromatic nitrogens is 2. The first-order valence-corrected chi connectivity index (χ1v) is 29.7. The molecule has 2 atom stereocenters. The van der Waals surface area contributed by atoms with Crippen LogP contribution >= 0.6 is 0 Å². The van der Waals surface area contributed by atoms with Crippen LogP contribution in [0.25, 0.3) is 142 Å². The molecular formula is C74H70N4O2. The van der Waals surface area contributed by atoms with Crippen LogP contribution in [-0.4, -0.2) is 34.9 Å². The minimum Gasteiger partial charge on any atom is -0.354 e. The molecule has 2 heterocycles. The molecule has 0 fully saturated rings. The first-order chi connectivity index (χ1) is 39.0. The normalized spacial score (nSPS) is 13.3. The topological polar surface area (TPSA) is 89.8 Å². The highest BCUT2D eigenvalue weighted by Crippen LogP contribution is 2.53. The number of amides is 2. The molecule has 398 valence electrons. The first kappa shape index (κ1) is 50.0. The minimum atomic E-state index is -0.0139. The highest BCUT2D eigenvalue weighted by molar-refractivity contribution is 6.44. The smallest absolute Gasteiger partial charge is 0.251 e. The van der Waals surface area contributed by atoms with Crippen molar-refractivity contribution in [2.45, 2.75) is 92.9 Å². The summed E-state index contributed by atoms with van der Waals surface area (Å²) in [6.07, 6.45) is 9.41. The third-order valence-electron chi connectivity index (χ3n) is 18.3. The van der Waals surface area contributed by atoms with E-state index in [9.17, 15) is 9.59 Å². The number of benzene rings is 12. The molecular weight excluding hydrogens is 977 g/mol. The lowest BCUT2D eigenvalue weighted by Gasteiger charge is -2.19. The summed E-state index contributed by atoms with van der Waals surface area (Å²) >= 11 is 0. The van der Waals surface area contributed by atoms with Crippen molar-refractivity contribution in [2.24, 2.45) is 23.7 Å². The average Bonchev–Trinajstić information content (AvgIpc) is 4.22. The Balaban J connectivity index is 0.830. The fourth-order valence-electron chi connectivity index (χ4n) is 14.2.